The molecule has 3 rings (SSSR count). The second kappa shape index (κ2) is 8.47. The number of amides is 3. The Bertz CT molecular complexity index is 743. The Hall–Kier alpha value is -2.18. The molecular weight excluding hydrogens is 346 g/mol. The number of carbonyl (C=O) groups excluding carboxylic acids is 2. The smallest absolute Gasteiger partial charge is 0.324 e. The summed E-state index contributed by atoms with van der Waals surface area (Å²) in [5, 5.41) is 8.03. The van der Waals surface area contributed by atoms with Crippen LogP contribution in [-0.4, -0.2) is 36.5 Å². The molecular formula is C20H25N3O2S. The minimum Gasteiger partial charge on any atom is -0.336 e. The van der Waals surface area contributed by atoms with Gasteiger partial charge in [-0.05, 0) is 34.9 Å². The van der Waals surface area contributed by atoms with Crippen molar-refractivity contribution in [3.8, 4) is 0 Å². The zero-order chi connectivity index (χ0) is 18.5. The van der Waals surface area contributed by atoms with E-state index in [0.717, 1.165) is 16.9 Å². The standard InChI is InChI=1S/C20H25N3O2S/c1-3-14(2)15-6-8-16(9-7-15)19(17-5-4-12-26-17)22-13-18(24)23-11-10-21-20(23)25/h4-9,12,14,19,22H,3,10-11,13H2,1-2H3,(H,21,25)/t14-,19+/m1/s1. The number of hydrogen-bond donors (Lipinski definition) is 2. The van der Waals surface area contributed by atoms with Crippen LogP contribution in [0.5, 0.6) is 0 Å². The van der Waals surface area contributed by atoms with Crippen LogP contribution in [0, 0.1) is 0 Å². The van der Waals surface area contributed by atoms with Crippen LogP contribution in [0.1, 0.15) is 48.2 Å². The highest BCUT2D eigenvalue weighted by Gasteiger charge is 2.26. The summed E-state index contributed by atoms with van der Waals surface area (Å²) in [6, 6.07) is 12.3. The van der Waals surface area contributed by atoms with Crippen LogP contribution in [0.3, 0.4) is 0 Å². The van der Waals surface area contributed by atoms with Crippen molar-refractivity contribution >= 4 is 23.3 Å². The summed E-state index contributed by atoms with van der Waals surface area (Å²) in [7, 11) is 0. The predicted octanol–water partition coefficient (Wildman–Crippen LogP) is 3.49. The fraction of sp³-hybridized carbons (Fsp3) is 0.400. The van der Waals surface area contributed by atoms with E-state index in [2.05, 4.69) is 54.8 Å². The van der Waals surface area contributed by atoms with E-state index in [-0.39, 0.29) is 24.5 Å². The molecule has 3 amide bonds. The highest BCUT2D eigenvalue weighted by Crippen LogP contribution is 2.28. The maximum absolute atomic E-state index is 12.3. The number of hydrogen-bond acceptors (Lipinski definition) is 4. The molecule has 1 aliphatic rings. The third-order valence-electron chi connectivity index (χ3n) is 4.89. The average Bonchev–Trinajstić information content (AvgIpc) is 3.33. The predicted molar refractivity (Wildman–Crippen MR) is 104 cm³/mol. The van der Waals surface area contributed by atoms with Crippen LogP contribution in [0.2, 0.25) is 0 Å². The van der Waals surface area contributed by atoms with Crippen molar-refractivity contribution in [1.82, 2.24) is 15.5 Å². The Labute approximate surface area is 158 Å². The molecule has 2 aromatic rings. The molecule has 0 radical (unpaired) electrons. The highest BCUT2D eigenvalue weighted by atomic mass is 32.1. The molecule has 1 fully saturated rings. The van der Waals surface area contributed by atoms with E-state index in [1.165, 1.54) is 10.5 Å². The molecule has 6 heteroatoms. The molecule has 2 N–H and O–H groups in total. The second-order valence-electron chi connectivity index (χ2n) is 6.58. The molecule has 2 atom stereocenters. The lowest BCUT2D eigenvalue weighted by Gasteiger charge is -2.20. The molecule has 1 aromatic carbocycles. The summed E-state index contributed by atoms with van der Waals surface area (Å²) in [4.78, 5) is 26.4. The Balaban J connectivity index is 1.74. The maximum Gasteiger partial charge on any atom is 0.324 e. The van der Waals surface area contributed by atoms with Gasteiger partial charge in [0.1, 0.15) is 0 Å². The first-order valence-electron chi connectivity index (χ1n) is 9.05. The zero-order valence-electron chi connectivity index (χ0n) is 15.2. The van der Waals surface area contributed by atoms with Gasteiger partial charge >= 0.3 is 6.03 Å². The number of thiophene rings is 1. The van der Waals surface area contributed by atoms with Crippen LogP contribution in [0.25, 0.3) is 0 Å². The van der Waals surface area contributed by atoms with Crippen LogP contribution in [0.4, 0.5) is 4.79 Å². The van der Waals surface area contributed by atoms with Gasteiger partial charge in [0.05, 0.1) is 12.6 Å². The van der Waals surface area contributed by atoms with E-state index in [4.69, 9.17) is 0 Å². The normalized spacial score (nSPS) is 16.4. The van der Waals surface area contributed by atoms with Gasteiger partial charge in [0.15, 0.2) is 0 Å². The molecule has 0 saturated carbocycles. The van der Waals surface area contributed by atoms with Crippen molar-refractivity contribution in [2.75, 3.05) is 19.6 Å². The first-order valence-corrected chi connectivity index (χ1v) is 9.93. The van der Waals surface area contributed by atoms with Gasteiger partial charge in [-0.15, -0.1) is 11.3 Å². The van der Waals surface area contributed by atoms with Crippen LogP contribution >= 0.6 is 11.3 Å². The van der Waals surface area contributed by atoms with E-state index in [1.54, 1.807) is 11.3 Å². The maximum atomic E-state index is 12.3. The average molecular weight is 372 g/mol. The lowest BCUT2D eigenvalue weighted by Crippen LogP contribution is -2.41. The van der Waals surface area contributed by atoms with Gasteiger partial charge in [0, 0.05) is 18.0 Å². The zero-order valence-corrected chi connectivity index (χ0v) is 16.0. The summed E-state index contributed by atoms with van der Waals surface area (Å²) in [5.74, 6) is 0.338. The topological polar surface area (TPSA) is 61.4 Å². The Morgan fingerprint density at radius 1 is 1.27 bits per heavy atom. The highest BCUT2D eigenvalue weighted by molar-refractivity contribution is 7.10. The van der Waals surface area contributed by atoms with Crippen LogP contribution in [-0.2, 0) is 4.79 Å². The SMILES string of the molecule is CC[C@@H](C)c1ccc([C@H](NCC(=O)N2CCNC2=O)c2cccs2)cc1. The largest absolute Gasteiger partial charge is 0.336 e. The van der Waals surface area contributed by atoms with Gasteiger partial charge < -0.3 is 5.32 Å². The second-order valence-corrected chi connectivity index (χ2v) is 7.56. The number of nitrogens with one attached hydrogen (secondary N) is 2. The molecule has 138 valence electrons. The van der Waals surface area contributed by atoms with Crippen molar-refractivity contribution in [3.63, 3.8) is 0 Å². The minimum absolute atomic E-state index is 0.0596. The van der Waals surface area contributed by atoms with Gasteiger partial charge in [0.25, 0.3) is 0 Å². The van der Waals surface area contributed by atoms with Gasteiger partial charge in [-0.3, -0.25) is 15.0 Å². The third kappa shape index (κ3) is 4.14. The fourth-order valence-electron chi connectivity index (χ4n) is 3.09. The quantitative estimate of drug-likeness (QED) is 0.783. The number of imide groups is 1. The van der Waals surface area contributed by atoms with Crippen molar-refractivity contribution in [3.05, 3.63) is 57.8 Å². The van der Waals surface area contributed by atoms with Crippen LogP contribution < -0.4 is 10.6 Å². The summed E-state index contributed by atoms with van der Waals surface area (Å²) < 4.78 is 0. The fourth-order valence-corrected chi connectivity index (χ4v) is 3.91. The van der Waals surface area contributed by atoms with Gasteiger partial charge in [0.2, 0.25) is 5.91 Å². The van der Waals surface area contributed by atoms with Gasteiger partial charge in [-0.2, -0.15) is 0 Å². The number of carbonyl (C=O) groups is 2. The van der Waals surface area contributed by atoms with E-state index in [9.17, 15) is 9.59 Å². The number of rotatable bonds is 7. The molecule has 1 aromatic heterocycles. The lowest BCUT2D eigenvalue weighted by molar-refractivity contribution is -0.126. The Kier molecular flexibility index (Phi) is 6.06. The van der Waals surface area contributed by atoms with E-state index in [1.807, 2.05) is 11.4 Å². The lowest BCUT2D eigenvalue weighted by atomic mass is 9.95. The molecule has 0 spiro atoms. The summed E-state index contributed by atoms with van der Waals surface area (Å²) in [6.45, 7) is 5.50. The Morgan fingerprint density at radius 2 is 2.00 bits per heavy atom. The van der Waals surface area contributed by atoms with Crippen molar-refractivity contribution < 1.29 is 9.59 Å². The van der Waals surface area contributed by atoms with Crippen molar-refractivity contribution in [1.29, 1.82) is 0 Å². The number of nitrogens with zero attached hydrogens (tertiary/aromatic N) is 1. The van der Waals surface area contributed by atoms with E-state index >= 15 is 0 Å². The Morgan fingerprint density at radius 3 is 2.58 bits per heavy atom. The van der Waals surface area contributed by atoms with Gasteiger partial charge in [-0.25, -0.2) is 4.79 Å². The van der Waals surface area contributed by atoms with E-state index < -0.39 is 0 Å². The number of urea groups is 1. The molecule has 5 nitrogen and oxygen atoms in total. The monoisotopic (exact) mass is 371 g/mol. The van der Waals surface area contributed by atoms with Crippen LogP contribution in [0.15, 0.2) is 41.8 Å². The molecule has 26 heavy (non-hydrogen) atoms. The minimum atomic E-state index is -0.303. The summed E-state index contributed by atoms with van der Waals surface area (Å²) in [5.41, 5.74) is 2.45. The van der Waals surface area contributed by atoms with Crippen molar-refractivity contribution in [2.24, 2.45) is 0 Å². The molecule has 1 aliphatic heterocycles. The molecule has 0 bridgehead atoms. The van der Waals surface area contributed by atoms with Crippen molar-refractivity contribution in [2.45, 2.75) is 32.2 Å². The summed E-state index contributed by atoms with van der Waals surface area (Å²) in [6.07, 6.45) is 1.11. The number of benzene rings is 1. The molecule has 0 aliphatic carbocycles. The van der Waals surface area contributed by atoms with E-state index in [0.29, 0.717) is 19.0 Å². The third-order valence-corrected chi connectivity index (χ3v) is 5.83. The molecule has 1 saturated heterocycles. The van der Waals surface area contributed by atoms with Gasteiger partial charge in [-0.1, -0.05) is 44.2 Å². The summed E-state index contributed by atoms with van der Waals surface area (Å²) >= 11 is 1.66. The molecule has 0 unspecified atom stereocenters. The molecule has 2 heterocycles. The first-order chi connectivity index (χ1) is 12.6. The first kappa shape index (κ1) is 18.6.